The summed E-state index contributed by atoms with van der Waals surface area (Å²) in [6, 6.07) is 9.36. The Morgan fingerprint density at radius 2 is 1.95 bits per heavy atom. The second-order valence-corrected chi connectivity index (χ2v) is 5.56. The van der Waals surface area contributed by atoms with E-state index in [1.54, 1.807) is 15.8 Å². The Labute approximate surface area is 129 Å². The van der Waals surface area contributed by atoms with E-state index in [0.717, 1.165) is 11.4 Å². The summed E-state index contributed by atoms with van der Waals surface area (Å²) >= 11 is 0. The molecule has 3 rings (SSSR count). The lowest BCUT2D eigenvalue weighted by Gasteiger charge is -2.35. The number of carbonyl (C=O) groups excluding carboxylic acids is 1. The first-order valence-electron chi connectivity index (χ1n) is 7.44. The number of rotatable bonds is 2. The van der Waals surface area contributed by atoms with Gasteiger partial charge < -0.3 is 15.0 Å². The molecule has 0 aliphatic carbocycles. The van der Waals surface area contributed by atoms with Crippen LogP contribution in [0.15, 0.2) is 42.7 Å². The maximum absolute atomic E-state index is 12.5. The lowest BCUT2D eigenvalue weighted by molar-refractivity contribution is -0.0530. The molecule has 2 amide bonds. The minimum Gasteiger partial charge on any atom is -0.372 e. The average Bonchev–Trinajstić information content (AvgIpc) is 3.01. The molecule has 2 heterocycles. The molecule has 1 N–H and O–H groups in total. The minimum absolute atomic E-state index is 0.0517. The second kappa shape index (κ2) is 6.19. The summed E-state index contributed by atoms with van der Waals surface area (Å²) in [7, 11) is 0. The summed E-state index contributed by atoms with van der Waals surface area (Å²) in [6.07, 6.45) is 3.67. The van der Waals surface area contributed by atoms with Crippen LogP contribution in [0.1, 0.15) is 13.8 Å². The Morgan fingerprint density at radius 1 is 1.23 bits per heavy atom. The summed E-state index contributed by atoms with van der Waals surface area (Å²) in [5.41, 5.74) is 1.58. The van der Waals surface area contributed by atoms with Gasteiger partial charge in [-0.2, -0.15) is 5.10 Å². The molecule has 1 aliphatic rings. The monoisotopic (exact) mass is 300 g/mol. The van der Waals surface area contributed by atoms with E-state index >= 15 is 0 Å². The van der Waals surface area contributed by atoms with E-state index in [1.165, 1.54) is 0 Å². The van der Waals surface area contributed by atoms with Gasteiger partial charge in [0.25, 0.3) is 0 Å². The first kappa shape index (κ1) is 14.6. The molecule has 0 saturated carbocycles. The highest BCUT2D eigenvalue weighted by molar-refractivity contribution is 5.91. The number of anilines is 1. The van der Waals surface area contributed by atoms with E-state index in [-0.39, 0.29) is 18.2 Å². The van der Waals surface area contributed by atoms with Crippen molar-refractivity contribution in [2.24, 2.45) is 0 Å². The van der Waals surface area contributed by atoms with Crippen LogP contribution in [0.5, 0.6) is 0 Å². The molecule has 0 radical (unpaired) electrons. The third-order valence-electron chi connectivity index (χ3n) is 3.60. The molecule has 1 saturated heterocycles. The molecule has 2 unspecified atom stereocenters. The van der Waals surface area contributed by atoms with Crippen LogP contribution in [0.2, 0.25) is 0 Å². The number of benzene rings is 1. The van der Waals surface area contributed by atoms with Gasteiger partial charge in [0, 0.05) is 25.5 Å². The number of urea groups is 1. The third kappa shape index (κ3) is 3.12. The number of hydrogen-bond acceptors (Lipinski definition) is 3. The molecule has 1 aromatic carbocycles. The van der Waals surface area contributed by atoms with Crippen molar-refractivity contribution in [3.63, 3.8) is 0 Å². The average molecular weight is 300 g/mol. The summed E-state index contributed by atoms with van der Waals surface area (Å²) in [4.78, 5) is 14.3. The molecular weight excluding hydrogens is 280 g/mol. The Morgan fingerprint density at radius 3 is 2.64 bits per heavy atom. The number of morpholine rings is 1. The van der Waals surface area contributed by atoms with Gasteiger partial charge in [0.1, 0.15) is 0 Å². The fourth-order valence-electron chi connectivity index (χ4n) is 2.73. The molecule has 6 nitrogen and oxygen atoms in total. The van der Waals surface area contributed by atoms with Crippen LogP contribution < -0.4 is 5.32 Å². The zero-order chi connectivity index (χ0) is 15.5. The van der Waals surface area contributed by atoms with Crippen LogP contribution in [0.25, 0.3) is 5.69 Å². The van der Waals surface area contributed by atoms with Crippen molar-refractivity contribution in [2.75, 3.05) is 18.4 Å². The standard InChI is InChI=1S/C16H20N4O2/c1-12-10-19(11-13(2)22-12)16(21)18-14-6-3-4-7-15(14)20-9-5-8-17-20/h3-9,12-13H,10-11H2,1-2H3,(H,18,21). The first-order chi connectivity index (χ1) is 10.6. The molecule has 0 spiro atoms. The molecule has 6 heteroatoms. The zero-order valence-corrected chi connectivity index (χ0v) is 12.8. The number of ether oxygens (including phenoxy) is 1. The highest BCUT2D eigenvalue weighted by atomic mass is 16.5. The van der Waals surface area contributed by atoms with Crippen LogP contribution in [0.3, 0.4) is 0 Å². The van der Waals surface area contributed by atoms with Gasteiger partial charge >= 0.3 is 6.03 Å². The molecule has 1 aliphatic heterocycles. The normalized spacial score (nSPS) is 21.6. The molecular formula is C16H20N4O2. The topological polar surface area (TPSA) is 59.4 Å². The smallest absolute Gasteiger partial charge is 0.322 e. The summed E-state index contributed by atoms with van der Waals surface area (Å²) < 4.78 is 7.40. The number of nitrogens with zero attached hydrogens (tertiary/aromatic N) is 3. The number of carbonyl (C=O) groups is 1. The molecule has 1 fully saturated rings. The quantitative estimate of drug-likeness (QED) is 0.927. The van der Waals surface area contributed by atoms with Gasteiger partial charge in [-0.15, -0.1) is 0 Å². The lowest BCUT2D eigenvalue weighted by Crippen LogP contribution is -2.49. The Hall–Kier alpha value is -2.34. The number of amides is 2. The second-order valence-electron chi connectivity index (χ2n) is 5.56. The highest BCUT2D eigenvalue weighted by Crippen LogP contribution is 2.20. The fourth-order valence-corrected chi connectivity index (χ4v) is 2.73. The maximum Gasteiger partial charge on any atom is 0.322 e. The van der Waals surface area contributed by atoms with Gasteiger partial charge in [0.05, 0.1) is 23.6 Å². The van der Waals surface area contributed by atoms with E-state index in [2.05, 4.69) is 10.4 Å². The number of nitrogens with one attached hydrogen (secondary N) is 1. The number of para-hydroxylation sites is 2. The van der Waals surface area contributed by atoms with Gasteiger partial charge in [-0.1, -0.05) is 12.1 Å². The summed E-state index contributed by atoms with van der Waals surface area (Å²) in [5, 5.41) is 7.20. The number of hydrogen-bond donors (Lipinski definition) is 1. The molecule has 2 atom stereocenters. The van der Waals surface area contributed by atoms with Gasteiger partial charge in [0.2, 0.25) is 0 Å². The summed E-state index contributed by atoms with van der Waals surface area (Å²) in [6.45, 7) is 5.15. The van der Waals surface area contributed by atoms with Crippen LogP contribution in [0.4, 0.5) is 10.5 Å². The van der Waals surface area contributed by atoms with E-state index in [1.807, 2.05) is 50.4 Å². The molecule has 22 heavy (non-hydrogen) atoms. The SMILES string of the molecule is CC1CN(C(=O)Nc2ccccc2-n2cccn2)CC(C)O1. The van der Waals surface area contributed by atoms with Crippen molar-refractivity contribution in [2.45, 2.75) is 26.1 Å². The predicted molar refractivity (Wildman–Crippen MR) is 84.2 cm³/mol. The van der Waals surface area contributed by atoms with Crippen molar-refractivity contribution < 1.29 is 9.53 Å². The van der Waals surface area contributed by atoms with Crippen LogP contribution in [0, 0.1) is 0 Å². The predicted octanol–water partition coefficient (Wildman–Crippen LogP) is 2.51. The first-order valence-corrected chi connectivity index (χ1v) is 7.44. The van der Waals surface area contributed by atoms with Crippen LogP contribution >= 0.6 is 0 Å². The Bertz CT molecular complexity index is 631. The van der Waals surface area contributed by atoms with Crippen molar-refractivity contribution in [1.82, 2.24) is 14.7 Å². The van der Waals surface area contributed by atoms with Gasteiger partial charge in [-0.05, 0) is 32.0 Å². The fraction of sp³-hybridized carbons (Fsp3) is 0.375. The van der Waals surface area contributed by atoms with Crippen molar-refractivity contribution in [3.05, 3.63) is 42.7 Å². The number of aromatic nitrogens is 2. The molecule has 116 valence electrons. The zero-order valence-electron chi connectivity index (χ0n) is 12.8. The van der Waals surface area contributed by atoms with E-state index in [0.29, 0.717) is 13.1 Å². The Kier molecular flexibility index (Phi) is 4.11. The van der Waals surface area contributed by atoms with Gasteiger partial charge in [0.15, 0.2) is 0 Å². The van der Waals surface area contributed by atoms with Crippen molar-refractivity contribution in [1.29, 1.82) is 0 Å². The van der Waals surface area contributed by atoms with E-state index < -0.39 is 0 Å². The largest absolute Gasteiger partial charge is 0.372 e. The van der Waals surface area contributed by atoms with Crippen molar-refractivity contribution in [3.8, 4) is 5.69 Å². The summed E-state index contributed by atoms with van der Waals surface area (Å²) in [5.74, 6) is 0. The third-order valence-corrected chi connectivity index (χ3v) is 3.60. The maximum atomic E-state index is 12.5. The van der Waals surface area contributed by atoms with Crippen LogP contribution in [-0.2, 0) is 4.74 Å². The van der Waals surface area contributed by atoms with Gasteiger partial charge in [-0.3, -0.25) is 0 Å². The molecule has 2 aromatic rings. The van der Waals surface area contributed by atoms with E-state index in [4.69, 9.17) is 4.74 Å². The van der Waals surface area contributed by atoms with Gasteiger partial charge in [-0.25, -0.2) is 9.48 Å². The molecule has 0 bridgehead atoms. The Balaban J connectivity index is 1.77. The van der Waals surface area contributed by atoms with Crippen molar-refractivity contribution >= 4 is 11.7 Å². The highest BCUT2D eigenvalue weighted by Gasteiger charge is 2.26. The van der Waals surface area contributed by atoms with Crippen LogP contribution in [-0.4, -0.2) is 46.0 Å². The van der Waals surface area contributed by atoms with E-state index in [9.17, 15) is 4.79 Å². The minimum atomic E-state index is -0.110. The molecule has 1 aromatic heterocycles. The lowest BCUT2D eigenvalue weighted by atomic mass is 10.2.